The van der Waals surface area contributed by atoms with Crippen molar-refractivity contribution in [2.75, 3.05) is 21.7 Å². The molecule has 2 aromatic rings. The molecule has 0 spiro atoms. The Bertz CT molecular complexity index is 774. The molecule has 0 bridgehead atoms. The second-order valence-electron chi connectivity index (χ2n) is 5.87. The number of anilines is 3. The smallest absolute Gasteiger partial charge is 0.308 e. The zero-order valence-electron chi connectivity index (χ0n) is 13.5. The highest BCUT2D eigenvalue weighted by Gasteiger charge is 2.33. The number of hydrogen-bond donors (Lipinski definition) is 1. The lowest BCUT2D eigenvalue weighted by atomic mass is 10.1. The van der Waals surface area contributed by atoms with Gasteiger partial charge >= 0.3 is 6.03 Å². The van der Waals surface area contributed by atoms with Crippen molar-refractivity contribution in [2.24, 2.45) is 0 Å². The van der Waals surface area contributed by atoms with Crippen molar-refractivity contribution < 1.29 is 9.59 Å². The van der Waals surface area contributed by atoms with E-state index in [0.29, 0.717) is 10.7 Å². The first-order chi connectivity index (χ1) is 11.5. The van der Waals surface area contributed by atoms with E-state index in [4.69, 9.17) is 11.6 Å². The van der Waals surface area contributed by atoms with Gasteiger partial charge in [0.05, 0.1) is 11.4 Å². The quantitative estimate of drug-likeness (QED) is 0.891. The molecule has 0 saturated heterocycles. The van der Waals surface area contributed by atoms with Gasteiger partial charge in [-0.25, -0.2) is 4.79 Å². The summed E-state index contributed by atoms with van der Waals surface area (Å²) in [5, 5.41) is 3.40. The third kappa shape index (κ3) is 3.08. The minimum Gasteiger partial charge on any atom is -0.308 e. The number of carbonyl (C=O) groups is 2. The van der Waals surface area contributed by atoms with Crippen molar-refractivity contribution in [2.45, 2.75) is 19.9 Å². The van der Waals surface area contributed by atoms with Crippen LogP contribution in [0, 0.1) is 0 Å². The van der Waals surface area contributed by atoms with Crippen molar-refractivity contribution in [1.29, 1.82) is 0 Å². The predicted molar refractivity (Wildman–Crippen MR) is 96.9 cm³/mol. The van der Waals surface area contributed by atoms with Gasteiger partial charge in [-0.1, -0.05) is 23.7 Å². The lowest BCUT2D eigenvalue weighted by Gasteiger charge is -2.38. The van der Waals surface area contributed by atoms with Crippen molar-refractivity contribution in [3.63, 3.8) is 0 Å². The molecule has 6 heteroatoms. The average molecular weight is 344 g/mol. The van der Waals surface area contributed by atoms with E-state index in [0.717, 1.165) is 11.4 Å². The molecule has 1 N–H and O–H groups in total. The van der Waals surface area contributed by atoms with Gasteiger partial charge in [-0.05, 0) is 50.2 Å². The number of rotatable bonds is 2. The monoisotopic (exact) mass is 343 g/mol. The Morgan fingerprint density at radius 3 is 2.33 bits per heavy atom. The van der Waals surface area contributed by atoms with E-state index in [1.54, 1.807) is 29.2 Å². The number of halogens is 1. The van der Waals surface area contributed by atoms with Crippen LogP contribution in [0.25, 0.3) is 0 Å². The number of benzene rings is 2. The Morgan fingerprint density at radius 2 is 1.71 bits per heavy atom. The molecular weight excluding hydrogens is 326 g/mol. The average Bonchev–Trinajstić information content (AvgIpc) is 2.55. The van der Waals surface area contributed by atoms with Crippen LogP contribution in [0.5, 0.6) is 0 Å². The molecular formula is C18H18ClN3O2. The van der Waals surface area contributed by atoms with Crippen molar-refractivity contribution >= 4 is 40.6 Å². The highest BCUT2D eigenvalue weighted by molar-refractivity contribution is 6.30. The highest BCUT2D eigenvalue weighted by atomic mass is 35.5. The van der Waals surface area contributed by atoms with E-state index in [-0.39, 0.29) is 24.5 Å². The van der Waals surface area contributed by atoms with Crippen LogP contribution >= 0.6 is 11.6 Å². The van der Waals surface area contributed by atoms with Gasteiger partial charge < -0.3 is 10.2 Å². The number of nitrogens with one attached hydrogen (secondary N) is 1. The summed E-state index contributed by atoms with van der Waals surface area (Å²) in [6.45, 7) is 3.92. The molecule has 3 amide bonds. The van der Waals surface area contributed by atoms with E-state index in [2.05, 4.69) is 5.32 Å². The third-order valence-electron chi connectivity index (χ3n) is 3.85. The number of hydrogen-bond acceptors (Lipinski definition) is 2. The van der Waals surface area contributed by atoms with E-state index in [1.807, 2.05) is 38.1 Å². The van der Waals surface area contributed by atoms with Crippen LogP contribution < -0.4 is 15.1 Å². The summed E-state index contributed by atoms with van der Waals surface area (Å²) >= 11 is 5.86. The van der Waals surface area contributed by atoms with Gasteiger partial charge in [-0.2, -0.15) is 0 Å². The number of fused-ring (bicyclic) bond motifs is 1. The summed E-state index contributed by atoms with van der Waals surface area (Å²) in [5.41, 5.74) is 2.09. The van der Waals surface area contributed by atoms with Crippen molar-refractivity contribution in [1.82, 2.24) is 0 Å². The zero-order valence-corrected chi connectivity index (χ0v) is 14.2. The Kier molecular flexibility index (Phi) is 4.44. The second kappa shape index (κ2) is 6.53. The fourth-order valence-corrected chi connectivity index (χ4v) is 2.92. The van der Waals surface area contributed by atoms with Crippen LogP contribution in [0.3, 0.4) is 0 Å². The molecule has 1 heterocycles. The minimum absolute atomic E-state index is 0.00855. The van der Waals surface area contributed by atoms with Gasteiger partial charge in [0.25, 0.3) is 0 Å². The van der Waals surface area contributed by atoms with Crippen LogP contribution in [0.2, 0.25) is 5.02 Å². The first kappa shape index (κ1) is 16.3. The molecule has 124 valence electrons. The summed E-state index contributed by atoms with van der Waals surface area (Å²) in [6, 6.07) is 13.9. The molecule has 0 aliphatic carbocycles. The summed E-state index contributed by atoms with van der Waals surface area (Å²) in [5.74, 6) is -0.102. The number of urea groups is 1. The van der Waals surface area contributed by atoms with Crippen molar-refractivity contribution in [3.8, 4) is 0 Å². The predicted octanol–water partition coefficient (Wildman–Crippen LogP) is 4.13. The van der Waals surface area contributed by atoms with Crippen LogP contribution in [0.4, 0.5) is 21.9 Å². The normalized spacial score (nSPS) is 13.9. The van der Waals surface area contributed by atoms with Gasteiger partial charge in [0, 0.05) is 16.8 Å². The van der Waals surface area contributed by atoms with Gasteiger partial charge in [-0.3, -0.25) is 9.69 Å². The molecule has 5 nitrogen and oxygen atoms in total. The maximum Gasteiger partial charge on any atom is 0.326 e. The third-order valence-corrected chi connectivity index (χ3v) is 4.10. The second-order valence-corrected chi connectivity index (χ2v) is 6.31. The topological polar surface area (TPSA) is 52.7 Å². The Balaban J connectivity index is 1.90. The summed E-state index contributed by atoms with van der Waals surface area (Å²) in [6.07, 6.45) is 0. The van der Waals surface area contributed by atoms with Crippen LogP contribution in [-0.4, -0.2) is 24.5 Å². The maximum absolute atomic E-state index is 12.6. The Morgan fingerprint density at radius 1 is 1.08 bits per heavy atom. The number of amides is 3. The number of carbonyl (C=O) groups excluding carboxylic acids is 2. The number of nitrogens with zero attached hydrogens (tertiary/aromatic N) is 2. The molecule has 2 aromatic carbocycles. The van der Waals surface area contributed by atoms with Crippen molar-refractivity contribution in [3.05, 3.63) is 53.6 Å². The maximum atomic E-state index is 12.6. The van der Waals surface area contributed by atoms with E-state index < -0.39 is 0 Å². The van der Waals surface area contributed by atoms with Crippen LogP contribution in [0.1, 0.15) is 13.8 Å². The molecule has 0 aromatic heterocycles. The summed E-state index contributed by atoms with van der Waals surface area (Å²) < 4.78 is 0. The van der Waals surface area contributed by atoms with Crippen LogP contribution in [-0.2, 0) is 4.79 Å². The Hall–Kier alpha value is -2.53. The summed E-state index contributed by atoms with van der Waals surface area (Å²) in [7, 11) is 0. The lowest BCUT2D eigenvalue weighted by Crippen LogP contribution is -2.51. The minimum atomic E-state index is -0.346. The van der Waals surface area contributed by atoms with Gasteiger partial charge in [0.15, 0.2) is 0 Å². The van der Waals surface area contributed by atoms with Gasteiger partial charge in [-0.15, -0.1) is 0 Å². The molecule has 24 heavy (non-hydrogen) atoms. The van der Waals surface area contributed by atoms with Crippen LogP contribution in [0.15, 0.2) is 48.5 Å². The number of para-hydroxylation sites is 2. The largest absolute Gasteiger partial charge is 0.326 e. The highest BCUT2D eigenvalue weighted by Crippen LogP contribution is 2.34. The molecule has 1 aliphatic heterocycles. The molecule has 1 aliphatic rings. The molecule has 0 atom stereocenters. The molecule has 0 saturated carbocycles. The van der Waals surface area contributed by atoms with Gasteiger partial charge in [0.2, 0.25) is 5.91 Å². The van der Waals surface area contributed by atoms with E-state index >= 15 is 0 Å². The SMILES string of the molecule is CC(C)N1C(=O)CN(C(=O)Nc2ccc(Cl)cc2)c2ccccc21. The zero-order chi connectivity index (χ0) is 17.3. The fourth-order valence-electron chi connectivity index (χ4n) is 2.80. The molecule has 0 radical (unpaired) electrons. The fraction of sp³-hybridized carbons (Fsp3) is 0.222. The molecule has 0 fully saturated rings. The summed E-state index contributed by atoms with van der Waals surface area (Å²) in [4.78, 5) is 28.3. The van der Waals surface area contributed by atoms with E-state index in [9.17, 15) is 9.59 Å². The van der Waals surface area contributed by atoms with E-state index in [1.165, 1.54) is 4.90 Å². The molecule has 0 unspecified atom stereocenters. The standard InChI is InChI=1S/C18H18ClN3O2/c1-12(2)22-16-6-4-3-5-15(16)21(11-17(22)23)18(24)20-14-9-7-13(19)8-10-14/h3-10,12H,11H2,1-2H3,(H,20,24). The Labute approximate surface area is 145 Å². The first-order valence-corrected chi connectivity index (χ1v) is 8.10. The lowest BCUT2D eigenvalue weighted by molar-refractivity contribution is -0.117. The van der Waals surface area contributed by atoms with Gasteiger partial charge in [0.1, 0.15) is 6.54 Å². The molecule has 3 rings (SSSR count). The first-order valence-electron chi connectivity index (χ1n) is 7.72.